The average Bonchev–Trinajstić information content (AvgIpc) is 3.53. The number of nitro groups is 1. The Morgan fingerprint density at radius 1 is 0.885 bits per heavy atom. The van der Waals surface area contributed by atoms with Crippen LogP contribution in [0.2, 0.25) is 0 Å². The smallest absolute Gasteiger partial charge is 0.269 e. The van der Waals surface area contributed by atoms with Crippen molar-refractivity contribution in [3.05, 3.63) is 136 Å². The maximum atomic E-state index is 15.2. The predicted octanol–water partition coefficient (Wildman–Crippen LogP) is 5.81. The highest BCUT2D eigenvalue weighted by atomic mass is 16.6. The molecule has 1 saturated carbocycles. The maximum absolute atomic E-state index is 15.2. The minimum atomic E-state index is -1.48. The number of rotatable bonds is 7. The highest BCUT2D eigenvalue weighted by Gasteiger charge is 2.70. The highest BCUT2D eigenvalue weighted by molar-refractivity contribution is 6.22. The zero-order valence-corrected chi connectivity index (χ0v) is 28.3. The molecule has 2 saturated heterocycles. The van der Waals surface area contributed by atoms with Crippen molar-refractivity contribution in [2.24, 2.45) is 23.7 Å². The first-order valence-corrected chi connectivity index (χ1v) is 17.0. The van der Waals surface area contributed by atoms with Gasteiger partial charge in [-0.15, -0.1) is 0 Å². The number of nitrogens with zero attached hydrogens (tertiary/aromatic N) is 3. The first-order chi connectivity index (χ1) is 25.1. The Hall–Kier alpha value is -6.30. The van der Waals surface area contributed by atoms with Gasteiger partial charge in [0.25, 0.3) is 17.5 Å². The Bertz CT molecular complexity index is 2190. The molecular weight excluding hydrogens is 664 g/mol. The van der Waals surface area contributed by atoms with E-state index in [1.807, 2.05) is 55.5 Å². The molecule has 2 N–H and O–H groups in total. The summed E-state index contributed by atoms with van der Waals surface area (Å²) >= 11 is 0. The van der Waals surface area contributed by atoms with E-state index in [-0.39, 0.29) is 35.7 Å². The van der Waals surface area contributed by atoms with E-state index >= 15 is 4.79 Å². The Labute approximate surface area is 298 Å². The van der Waals surface area contributed by atoms with Crippen LogP contribution in [0, 0.1) is 40.7 Å². The van der Waals surface area contributed by atoms with Crippen LogP contribution in [-0.2, 0) is 24.6 Å². The topological polar surface area (TPSA) is 159 Å². The second kappa shape index (κ2) is 12.2. The molecule has 52 heavy (non-hydrogen) atoms. The minimum Gasteiger partial charge on any atom is -0.504 e. The Kier molecular flexibility index (Phi) is 7.70. The Morgan fingerprint density at radius 2 is 1.60 bits per heavy atom. The van der Waals surface area contributed by atoms with E-state index in [1.54, 1.807) is 24.3 Å². The number of anilines is 2. The number of ether oxygens (including phenoxy) is 1. The molecule has 4 aromatic carbocycles. The van der Waals surface area contributed by atoms with E-state index in [9.17, 15) is 29.6 Å². The van der Waals surface area contributed by atoms with Gasteiger partial charge in [-0.25, -0.2) is 0 Å². The van der Waals surface area contributed by atoms with Gasteiger partial charge < -0.3 is 9.84 Å². The standard InChI is InChI=1S/C40H34N4O8/c1-22-8-11-25(12-9-22)41-43-37(47)31-21-30-28(17-18-29-34(30)38(48)42(36(29)46)26-13-15-27(16-14-26)44(50)51)35(23-10-19-32(45)33(20-23)52-2)40(31,39(43)49)24-6-4-3-5-7-24/h3-17,19-20,29-31,34-35,41,45H,18,21H2,1-2H3/t29-,30+,31-,34-,35-,40+/m0/s1. The lowest BCUT2D eigenvalue weighted by Gasteiger charge is -2.50. The highest BCUT2D eigenvalue weighted by Crippen LogP contribution is 2.64. The molecule has 0 spiro atoms. The van der Waals surface area contributed by atoms with Crippen LogP contribution < -0.4 is 15.1 Å². The van der Waals surface area contributed by atoms with Gasteiger partial charge in [0.05, 0.1) is 46.6 Å². The van der Waals surface area contributed by atoms with E-state index in [0.29, 0.717) is 16.8 Å². The average molecular weight is 699 g/mol. The summed E-state index contributed by atoms with van der Waals surface area (Å²) in [6.07, 6.45) is 2.26. The molecule has 8 rings (SSSR count). The van der Waals surface area contributed by atoms with Crippen LogP contribution in [-0.4, -0.2) is 45.8 Å². The fraction of sp³-hybridized carbons (Fsp3) is 0.250. The van der Waals surface area contributed by atoms with Gasteiger partial charge in [0, 0.05) is 18.1 Å². The van der Waals surface area contributed by atoms with Crippen molar-refractivity contribution in [1.29, 1.82) is 0 Å². The van der Waals surface area contributed by atoms with E-state index < -0.39 is 63.6 Å². The van der Waals surface area contributed by atoms with Gasteiger partial charge in [-0.2, -0.15) is 5.01 Å². The zero-order valence-electron chi connectivity index (χ0n) is 28.3. The summed E-state index contributed by atoms with van der Waals surface area (Å²) < 4.78 is 5.52. The van der Waals surface area contributed by atoms with Crippen LogP contribution in [0.1, 0.15) is 35.4 Å². The lowest BCUT2D eigenvalue weighted by Crippen LogP contribution is -2.53. The van der Waals surface area contributed by atoms with Gasteiger partial charge in [-0.1, -0.05) is 65.7 Å². The number of nitro benzene ring substituents is 1. The number of carbonyl (C=O) groups is 4. The monoisotopic (exact) mass is 698 g/mol. The zero-order chi connectivity index (χ0) is 36.5. The van der Waals surface area contributed by atoms with Gasteiger partial charge in [0.15, 0.2) is 11.5 Å². The fourth-order valence-electron chi connectivity index (χ4n) is 8.97. The molecule has 2 aliphatic heterocycles. The summed E-state index contributed by atoms with van der Waals surface area (Å²) in [5.41, 5.74) is 5.17. The molecule has 4 amide bonds. The molecule has 12 heteroatoms. The second-order valence-electron chi connectivity index (χ2n) is 13.8. The van der Waals surface area contributed by atoms with Gasteiger partial charge in [0.1, 0.15) is 0 Å². The number of fused-ring (bicyclic) bond motifs is 4. The summed E-state index contributed by atoms with van der Waals surface area (Å²) in [6.45, 7) is 1.94. The molecule has 2 heterocycles. The number of nitrogens with one attached hydrogen (secondary N) is 1. The van der Waals surface area contributed by atoms with Crippen LogP contribution in [0.4, 0.5) is 17.1 Å². The van der Waals surface area contributed by atoms with Gasteiger partial charge in [0.2, 0.25) is 11.8 Å². The van der Waals surface area contributed by atoms with Crippen LogP contribution >= 0.6 is 0 Å². The lowest BCUT2D eigenvalue weighted by molar-refractivity contribution is -0.384. The Balaban J connectivity index is 1.30. The molecule has 6 atom stereocenters. The van der Waals surface area contributed by atoms with Crippen molar-refractivity contribution in [2.75, 3.05) is 17.4 Å². The number of hydrogen-bond donors (Lipinski definition) is 2. The van der Waals surface area contributed by atoms with Gasteiger partial charge in [-0.3, -0.25) is 39.6 Å². The molecule has 12 nitrogen and oxygen atoms in total. The summed E-state index contributed by atoms with van der Waals surface area (Å²) in [7, 11) is 1.43. The van der Waals surface area contributed by atoms with Crippen LogP contribution in [0.5, 0.6) is 11.5 Å². The van der Waals surface area contributed by atoms with Gasteiger partial charge in [-0.05, 0) is 73.2 Å². The van der Waals surface area contributed by atoms with E-state index in [2.05, 4.69) is 5.43 Å². The number of aryl methyl sites for hydroxylation is 1. The number of hydrazine groups is 1. The number of allylic oxidation sites excluding steroid dienone is 2. The molecule has 4 aromatic rings. The number of phenolic OH excluding ortho intramolecular Hbond substituents is 1. The minimum absolute atomic E-state index is 0.103. The predicted molar refractivity (Wildman–Crippen MR) is 189 cm³/mol. The largest absolute Gasteiger partial charge is 0.504 e. The number of aromatic hydroxyl groups is 1. The lowest BCUT2D eigenvalue weighted by atomic mass is 9.49. The molecule has 0 aromatic heterocycles. The molecule has 4 aliphatic rings. The van der Waals surface area contributed by atoms with Crippen LogP contribution in [0.15, 0.2) is 109 Å². The van der Waals surface area contributed by atoms with Crippen molar-refractivity contribution < 1.29 is 33.9 Å². The first-order valence-electron chi connectivity index (χ1n) is 17.0. The third-order valence-electron chi connectivity index (χ3n) is 11.2. The van der Waals surface area contributed by atoms with Gasteiger partial charge >= 0.3 is 0 Å². The number of carbonyl (C=O) groups excluding carboxylic acids is 4. The number of amides is 4. The second-order valence-corrected chi connectivity index (χ2v) is 13.8. The number of imide groups is 2. The number of benzene rings is 4. The van der Waals surface area contributed by atoms with Crippen molar-refractivity contribution in [3.8, 4) is 11.5 Å². The molecule has 0 bridgehead atoms. The van der Waals surface area contributed by atoms with Crippen molar-refractivity contribution in [3.63, 3.8) is 0 Å². The van der Waals surface area contributed by atoms with Crippen molar-refractivity contribution >= 4 is 40.7 Å². The summed E-state index contributed by atoms with van der Waals surface area (Å²) in [4.78, 5) is 70.3. The fourth-order valence-corrected chi connectivity index (χ4v) is 8.97. The van der Waals surface area contributed by atoms with Crippen molar-refractivity contribution in [2.45, 2.75) is 31.1 Å². The summed E-state index contributed by atoms with van der Waals surface area (Å²) in [5.74, 6) is -5.67. The van der Waals surface area contributed by atoms with E-state index in [0.717, 1.165) is 21.0 Å². The molecule has 0 unspecified atom stereocenters. The van der Waals surface area contributed by atoms with E-state index in [4.69, 9.17) is 4.74 Å². The van der Waals surface area contributed by atoms with E-state index in [1.165, 1.54) is 37.4 Å². The SMILES string of the molecule is COc1cc([C@H]2C3=CC[C@@H]4C(=O)N(c5ccc([N+](=O)[O-])cc5)C(=O)[C@@H]4[C@@H]3C[C@H]3C(=O)N(Nc4ccc(C)cc4)C(=O)[C@@]23c2ccccc2)ccc1O. The Morgan fingerprint density at radius 3 is 2.27 bits per heavy atom. The number of non-ortho nitro benzene ring substituents is 1. The normalized spacial score (nSPS) is 26.4. The maximum Gasteiger partial charge on any atom is 0.269 e. The third kappa shape index (κ3) is 4.74. The number of methoxy groups -OCH3 is 1. The quantitative estimate of drug-likeness (QED) is 0.105. The van der Waals surface area contributed by atoms with Crippen LogP contribution in [0.3, 0.4) is 0 Å². The molecule has 262 valence electrons. The van der Waals surface area contributed by atoms with Crippen LogP contribution in [0.25, 0.3) is 0 Å². The number of phenols is 1. The first kappa shape index (κ1) is 32.9. The third-order valence-corrected chi connectivity index (χ3v) is 11.2. The molecule has 3 fully saturated rings. The number of hydrogen-bond acceptors (Lipinski definition) is 9. The molecule has 2 aliphatic carbocycles. The molecular formula is C40H34N4O8. The molecule has 0 radical (unpaired) electrons. The summed E-state index contributed by atoms with van der Waals surface area (Å²) in [6, 6.07) is 26.6. The summed E-state index contributed by atoms with van der Waals surface area (Å²) in [5, 5.41) is 23.0. The van der Waals surface area contributed by atoms with Crippen molar-refractivity contribution in [1.82, 2.24) is 5.01 Å².